The molecule has 0 aliphatic carbocycles. The van der Waals surface area contributed by atoms with E-state index in [9.17, 15) is 9.59 Å². The van der Waals surface area contributed by atoms with Crippen LogP contribution in [0.5, 0.6) is 0 Å². The van der Waals surface area contributed by atoms with Crippen LogP contribution < -0.4 is 10.2 Å². The Balaban J connectivity index is 1.39. The van der Waals surface area contributed by atoms with Crippen molar-refractivity contribution in [2.75, 3.05) is 56.5 Å². The van der Waals surface area contributed by atoms with Crippen molar-refractivity contribution in [3.05, 3.63) is 58.6 Å². The number of amides is 2. The van der Waals surface area contributed by atoms with Crippen molar-refractivity contribution in [2.45, 2.75) is 19.8 Å². The first kappa shape index (κ1) is 22.6. The summed E-state index contributed by atoms with van der Waals surface area (Å²) in [5.41, 5.74) is 3.51. The van der Waals surface area contributed by atoms with E-state index in [1.807, 2.05) is 54.3 Å². The summed E-state index contributed by atoms with van der Waals surface area (Å²) in [5.74, 6) is -0.0602. The number of hydrogen-bond acceptors (Lipinski definition) is 4. The molecule has 2 aromatic carbocycles. The fraction of sp³-hybridized carbons (Fsp3) is 0.440. The summed E-state index contributed by atoms with van der Waals surface area (Å²) < 4.78 is 0. The van der Waals surface area contributed by atoms with E-state index in [4.69, 9.17) is 11.6 Å². The van der Waals surface area contributed by atoms with Crippen LogP contribution in [0, 0.1) is 12.8 Å². The van der Waals surface area contributed by atoms with Gasteiger partial charge in [-0.1, -0.05) is 29.8 Å². The normalized spacial score (nSPS) is 18.0. The van der Waals surface area contributed by atoms with Crippen molar-refractivity contribution >= 4 is 34.8 Å². The lowest BCUT2D eigenvalue weighted by Crippen LogP contribution is -2.45. The maximum absolute atomic E-state index is 13.1. The number of benzene rings is 2. The Morgan fingerprint density at radius 2 is 1.66 bits per heavy atom. The van der Waals surface area contributed by atoms with E-state index in [0.717, 1.165) is 48.7 Å². The molecule has 0 bridgehead atoms. The molecule has 2 aromatic rings. The van der Waals surface area contributed by atoms with Gasteiger partial charge in [0, 0.05) is 55.8 Å². The van der Waals surface area contributed by atoms with Gasteiger partial charge in [0.05, 0.1) is 11.4 Å². The first-order valence-electron chi connectivity index (χ1n) is 11.3. The molecule has 2 aliphatic rings. The summed E-state index contributed by atoms with van der Waals surface area (Å²) in [4.78, 5) is 32.4. The summed E-state index contributed by atoms with van der Waals surface area (Å²) in [5, 5.41) is 3.74. The zero-order valence-electron chi connectivity index (χ0n) is 18.8. The Morgan fingerprint density at radius 3 is 2.34 bits per heavy atom. The van der Waals surface area contributed by atoms with Gasteiger partial charge in [-0.25, -0.2) is 0 Å². The number of likely N-dealkylation sites (N-methyl/N-ethyl adjacent to an activating group) is 1. The first-order valence-corrected chi connectivity index (χ1v) is 11.7. The monoisotopic (exact) mass is 454 g/mol. The molecular formula is C25H31ClN4O2. The number of carbonyl (C=O) groups is 2. The lowest BCUT2D eigenvalue weighted by molar-refractivity contribution is -0.121. The second-order valence-corrected chi connectivity index (χ2v) is 9.26. The van der Waals surface area contributed by atoms with Crippen molar-refractivity contribution in [1.29, 1.82) is 0 Å². The molecule has 0 unspecified atom stereocenters. The number of likely N-dealkylation sites (tertiary alicyclic amines) is 1. The number of nitrogens with zero attached hydrogens (tertiary/aromatic N) is 3. The molecule has 7 heteroatoms. The van der Waals surface area contributed by atoms with E-state index in [-0.39, 0.29) is 17.7 Å². The number of rotatable bonds is 4. The van der Waals surface area contributed by atoms with Crippen LogP contribution in [0.25, 0.3) is 0 Å². The quantitative estimate of drug-likeness (QED) is 0.761. The Labute approximate surface area is 195 Å². The van der Waals surface area contributed by atoms with Gasteiger partial charge in [0.1, 0.15) is 0 Å². The predicted octanol–water partition coefficient (Wildman–Crippen LogP) is 3.89. The predicted molar refractivity (Wildman–Crippen MR) is 130 cm³/mol. The summed E-state index contributed by atoms with van der Waals surface area (Å²) in [6.45, 7) is 6.95. The number of carbonyl (C=O) groups excluding carboxylic acids is 2. The van der Waals surface area contributed by atoms with Crippen molar-refractivity contribution in [1.82, 2.24) is 9.80 Å². The molecule has 2 saturated heterocycles. The van der Waals surface area contributed by atoms with Gasteiger partial charge in [0.2, 0.25) is 5.91 Å². The Hall–Kier alpha value is -2.57. The number of nitrogens with one attached hydrogen (secondary N) is 1. The largest absolute Gasteiger partial charge is 0.367 e. The van der Waals surface area contributed by atoms with Gasteiger partial charge in [-0.2, -0.15) is 0 Å². The molecule has 0 radical (unpaired) electrons. The molecule has 6 nitrogen and oxygen atoms in total. The van der Waals surface area contributed by atoms with Crippen molar-refractivity contribution in [3.63, 3.8) is 0 Å². The highest BCUT2D eigenvalue weighted by Gasteiger charge is 2.29. The Kier molecular flexibility index (Phi) is 7.01. The summed E-state index contributed by atoms with van der Waals surface area (Å²) in [7, 11) is 2.12. The van der Waals surface area contributed by atoms with Crippen LogP contribution >= 0.6 is 11.6 Å². The molecule has 0 aromatic heterocycles. The average molecular weight is 455 g/mol. The number of anilines is 2. The lowest BCUT2D eigenvalue weighted by Gasteiger charge is -2.35. The van der Waals surface area contributed by atoms with Gasteiger partial charge in [-0.15, -0.1) is 0 Å². The van der Waals surface area contributed by atoms with Gasteiger partial charge in [-0.05, 0) is 56.6 Å². The van der Waals surface area contributed by atoms with Crippen molar-refractivity contribution < 1.29 is 9.59 Å². The van der Waals surface area contributed by atoms with Gasteiger partial charge in [0.25, 0.3) is 5.91 Å². The maximum atomic E-state index is 13.1. The zero-order chi connectivity index (χ0) is 22.7. The fourth-order valence-electron chi connectivity index (χ4n) is 4.49. The number of piperidine rings is 1. The molecule has 2 amide bonds. The number of halogens is 1. The highest BCUT2D eigenvalue weighted by molar-refractivity contribution is 6.31. The van der Waals surface area contributed by atoms with E-state index >= 15 is 0 Å². The summed E-state index contributed by atoms with van der Waals surface area (Å²) in [6.07, 6.45) is 1.32. The smallest absolute Gasteiger partial charge is 0.254 e. The van der Waals surface area contributed by atoms with Crippen molar-refractivity contribution in [3.8, 4) is 0 Å². The minimum absolute atomic E-state index is 0.00522. The highest BCUT2D eigenvalue weighted by atomic mass is 35.5. The van der Waals surface area contributed by atoms with Crippen LogP contribution in [0.1, 0.15) is 28.8 Å². The van der Waals surface area contributed by atoms with Crippen LogP contribution in [-0.2, 0) is 4.79 Å². The summed E-state index contributed by atoms with van der Waals surface area (Å²) in [6, 6.07) is 13.4. The number of aryl methyl sites for hydroxylation is 1. The van der Waals surface area contributed by atoms with Gasteiger partial charge in [-0.3, -0.25) is 9.59 Å². The third-order valence-electron chi connectivity index (χ3n) is 6.59. The molecule has 32 heavy (non-hydrogen) atoms. The van der Waals surface area contributed by atoms with E-state index in [1.165, 1.54) is 0 Å². The van der Waals surface area contributed by atoms with Crippen LogP contribution in [0.2, 0.25) is 5.02 Å². The maximum Gasteiger partial charge on any atom is 0.254 e. The molecule has 2 aliphatic heterocycles. The molecule has 2 heterocycles. The molecule has 2 fully saturated rings. The van der Waals surface area contributed by atoms with Crippen LogP contribution in [-0.4, -0.2) is 67.9 Å². The molecular weight excluding hydrogens is 424 g/mol. The number of piperazine rings is 1. The van der Waals surface area contributed by atoms with Gasteiger partial charge in [0.15, 0.2) is 0 Å². The molecule has 0 saturated carbocycles. The second-order valence-electron chi connectivity index (χ2n) is 8.82. The summed E-state index contributed by atoms with van der Waals surface area (Å²) >= 11 is 6.25. The van der Waals surface area contributed by atoms with Gasteiger partial charge >= 0.3 is 0 Å². The fourth-order valence-corrected chi connectivity index (χ4v) is 4.67. The van der Waals surface area contributed by atoms with Crippen LogP contribution in [0.15, 0.2) is 42.5 Å². The first-order chi connectivity index (χ1) is 15.4. The SMILES string of the molecule is Cc1ccccc1C(=O)N1CCC(C(=O)Nc2cc(Cl)ccc2N2CCN(C)CC2)CC1. The zero-order valence-corrected chi connectivity index (χ0v) is 19.6. The average Bonchev–Trinajstić information content (AvgIpc) is 2.80. The lowest BCUT2D eigenvalue weighted by atomic mass is 9.95. The standard InChI is InChI=1S/C25H31ClN4O2/c1-18-5-3-4-6-21(18)25(32)30-11-9-19(10-12-30)24(31)27-22-17-20(26)7-8-23(22)29-15-13-28(2)14-16-29/h3-8,17,19H,9-16H2,1-2H3,(H,27,31). The molecule has 170 valence electrons. The third kappa shape index (κ3) is 5.08. The molecule has 0 spiro atoms. The number of hydrogen-bond donors (Lipinski definition) is 1. The molecule has 1 N–H and O–H groups in total. The third-order valence-corrected chi connectivity index (χ3v) is 6.82. The highest BCUT2D eigenvalue weighted by Crippen LogP contribution is 2.31. The molecule has 4 rings (SSSR count). The van der Waals surface area contributed by atoms with E-state index in [2.05, 4.69) is 22.2 Å². The van der Waals surface area contributed by atoms with Crippen molar-refractivity contribution in [2.24, 2.45) is 5.92 Å². The minimum atomic E-state index is -0.116. The van der Waals surface area contributed by atoms with E-state index in [1.54, 1.807) is 0 Å². The Bertz CT molecular complexity index is 980. The second kappa shape index (κ2) is 9.92. The Morgan fingerprint density at radius 1 is 0.969 bits per heavy atom. The topological polar surface area (TPSA) is 55.9 Å². The van der Waals surface area contributed by atoms with Crippen LogP contribution in [0.4, 0.5) is 11.4 Å². The minimum Gasteiger partial charge on any atom is -0.367 e. The van der Waals surface area contributed by atoms with E-state index in [0.29, 0.717) is 31.0 Å². The van der Waals surface area contributed by atoms with Gasteiger partial charge < -0.3 is 20.0 Å². The van der Waals surface area contributed by atoms with E-state index < -0.39 is 0 Å². The van der Waals surface area contributed by atoms with Crippen LogP contribution in [0.3, 0.4) is 0 Å². The molecule has 0 atom stereocenters.